The van der Waals surface area contributed by atoms with Gasteiger partial charge in [-0.05, 0) is 45.7 Å². The number of hydrogen-bond acceptors (Lipinski definition) is 5. The number of aliphatic hydroxyl groups is 1. The average molecular weight is 311 g/mol. The Kier molecular flexibility index (Phi) is 6.89. The topological polar surface area (TPSA) is 55.1 Å². The van der Waals surface area contributed by atoms with Crippen molar-refractivity contribution in [2.24, 2.45) is 0 Å². The Bertz CT molecular complexity index is 426. The van der Waals surface area contributed by atoms with Gasteiger partial charge in [0.25, 0.3) is 0 Å². The summed E-state index contributed by atoms with van der Waals surface area (Å²) in [5.41, 5.74) is 0. The molecule has 0 saturated carbocycles. The fourth-order valence-electron chi connectivity index (χ4n) is 2.64. The third kappa shape index (κ3) is 5.72. The zero-order chi connectivity index (χ0) is 15.9. The summed E-state index contributed by atoms with van der Waals surface area (Å²) in [5.74, 6) is 1.85. The number of nitrogens with zero attached hydrogens (tertiary/aromatic N) is 1. The minimum absolute atomic E-state index is 0.226. The van der Waals surface area contributed by atoms with E-state index >= 15 is 0 Å². The Morgan fingerprint density at radius 3 is 2.64 bits per heavy atom. The van der Waals surface area contributed by atoms with Crippen molar-refractivity contribution in [2.45, 2.75) is 58.4 Å². The molecule has 0 aliphatic carbocycles. The van der Waals surface area contributed by atoms with E-state index in [1.165, 1.54) is 0 Å². The van der Waals surface area contributed by atoms with Crippen LogP contribution in [-0.2, 0) is 16.0 Å². The van der Waals surface area contributed by atoms with Crippen LogP contribution >= 0.6 is 0 Å². The SMILES string of the molecule is Cc1ccc(CN(CC(O)COC2CCOCC2)C(C)C)o1. The number of hydrogen-bond donors (Lipinski definition) is 1. The molecule has 1 aromatic heterocycles. The van der Waals surface area contributed by atoms with Crippen LogP contribution in [0.25, 0.3) is 0 Å². The number of ether oxygens (including phenoxy) is 2. The van der Waals surface area contributed by atoms with Crippen LogP contribution in [0.2, 0.25) is 0 Å². The Balaban J connectivity index is 1.76. The number of furan rings is 1. The fraction of sp³-hybridized carbons (Fsp3) is 0.765. The highest BCUT2D eigenvalue weighted by Gasteiger charge is 2.19. The standard InChI is InChI=1S/C17H29NO4/c1-13(2)18(11-17-5-4-14(3)22-17)10-15(19)12-21-16-6-8-20-9-7-16/h4-5,13,15-16,19H,6-12H2,1-3H3. The first-order valence-electron chi connectivity index (χ1n) is 8.21. The van der Waals surface area contributed by atoms with Crippen molar-refractivity contribution in [3.8, 4) is 0 Å². The van der Waals surface area contributed by atoms with E-state index in [1.54, 1.807) is 0 Å². The molecule has 1 saturated heterocycles. The molecule has 0 amide bonds. The molecule has 1 aromatic rings. The molecule has 0 spiro atoms. The Hall–Kier alpha value is -0.880. The maximum atomic E-state index is 10.3. The first-order chi connectivity index (χ1) is 10.5. The van der Waals surface area contributed by atoms with Gasteiger partial charge in [0, 0.05) is 25.8 Å². The van der Waals surface area contributed by atoms with Gasteiger partial charge in [0.05, 0.1) is 25.4 Å². The summed E-state index contributed by atoms with van der Waals surface area (Å²) in [4.78, 5) is 2.20. The fourth-order valence-corrected chi connectivity index (χ4v) is 2.64. The van der Waals surface area contributed by atoms with Crippen molar-refractivity contribution in [2.75, 3.05) is 26.4 Å². The molecule has 5 heteroatoms. The summed E-state index contributed by atoms with van der Waals surface area (Å²) in [6.07, 6.45) is 1.59. The van der Waals surface area contributed by atoms with E-state index in [0.717, 1.165) is 37.6 Å². The van der Waals surface area contributed by atoms with Gasteiger partial charge in [-0.2, -0.15) is 0 Å². The Morgan fingerprint density at radius 2 is 2.05 bits per heavy atom. The summed E-state index contributed by atoms with van der Waals surface area (Å²) < 4.78 is 16.7. The van der Waals surface area contributed by atoms with Gasteiger partial charge in [-0.1, -0.05) is 0 Å². The summed E-state index contributed by atoms with van der Waals surface area (Å²) in [6, 6.07) is 4.30. The van der Waals surface area contributed by atoms with Crippen LogP contribution in [0.4, 0.5) is 0 Å². The summed E-state index contributed by atoms with van der Waals surface area (Å²) in [7, 11) is 0. The minimum Gasteiger partial charge on any atom is -0.465 e. The molecular weight excluding hydrogens is 282 g/mol. The number of rotatable bonds is 8. The molecule has 22 heavy (non-hydrogen) atoms. The Labute approximate surface area is 133 Å². The van der Waals surface area contributed by atoms with Crippen LogP contribution in [0.1, 0.15) is 38.2 Å². The van der Waals surface area contributed by atoms with Crippen LogP contribution < -0.4 is 0 Å². The normalized spacial score (nSPS) is 18.3. The van der Waals surface area contributed by atoms with Gasteiger partial charge >= 0.3 is 0 Å². The molecule has 1 unspecified atom stereocenters. The van der Waals surface area contributed by atoms with E-state index in [1.807, 2.05) is 19.1 Å². The molecule has 1 aliphatic rings. The Morgan fingerprint density at radius 1 is 1.32 bits per heavy atom. The van der Waals surface area contributed by atoms with Gasteiger partial charge in [-0.15, -0.1) is 0 Å². The molecule has 0 aromatic carbocycles. The maximum absolute atomic E-state index is 10.3. The van der Waals surface area contributed by atoms with Gasteiger partial charge in [-0.25, -0.2) is 0 Å². The molecule has 0 radical (unpaired) electrons. The lowest BCUT2D eigenvalue weighted by molar-refractivity contribution is -0.0662. The van der Waals surface area contributed by atoms with Crippen molar-refractivity contribution in [1.29, 1.82) is 0 Å². The van der Waals surface area contributed by atoms with Gasteiger partial charge in [0.15, 0.2) is 0 Å². The minimum atomic E-state index is -0.485. The molecule has 5 nitrogen and oxygen atoms in total. The molecule has 1 fully saturated rings. The summed E-state index contributed by atoms with van der Waals surface area (Å²) in [5, 5.41) is 10.3. The largest absolute Gasteiger partial charge is 0.465 e. The zero-order valence-corrected chi connectivity index (χ0v) is 14.0. The van der Waals surface area contributed by atoms with Crippen molar-refractivity contribution >= 4 is 0 Å². The highest BCUT2D eigenvalue weighted by molar-refractivity contribution is 5.05. The second-order valence-corrected chi connectivity index (χ2v) is 6.33. The molecule has 126 valence electrons. The third-order valence-electron chi connectivity index (χ3n) is 4.02. The molecule has 1 N–H and O–H groups in total. The lowest BCUT2D eigenvalue weighted by Crippen LogP contribution is -2.39. The first kappa shape index (κ1) is 17.5. The quantitative estimate of drug-likeness (QED) is 0.799. The van der Waals surface area contributed by atoms with Gasteiger partial charge in [0.1, 0.15) is 11.5 Å². The molecule has 2 heterocycles. The van der Waals surface area contributed by atoms with Crippen molar-refractivity contribution in [3.63, 3.8) is 0 Å². The zero-order valence-electron chi connectivity index (χ0n) is 14.0. The third-order valence-corrected chi connectivity index (χ3v) is 4.02. The smallest absolute Gasteiger partial charge is 0.118 e. The van der Waals surface area contributed by atoms with Gasteiger partial charge < -0.3 is 19.0 Å². The van der Waals surface area contributed by atoms with E-state index in [4.69, 9.17) is 13.9 Å². The molecule has 2 rings (SSSR count). The van der Waals surface area contributed by atoms with Crippen molar-refractivity contribution in [1.82, 2.24) is 4.90 Å². The highest BCUT2D eigenvalue weighted by atomic mass is 16.5. The van der Waals surface area contributed by atoms with Gasteiger partial charge in [-0.3, -0.25) is 4.90 Å². The highest BCUT2D eigenvalue weighted by Crippen LogP contribution is 2.14. The summed E-state index contributed by atoms with van der Waals surface area (Å²) in [6.45, 7) is 9.39. The molecule has 1 atom stereocenters. The van der Waals surface area contributed by atoms with Crippen LogP contribution in [0.3, 0.4) is 0 Å². The predicted octanol–water partition coefficient (Wildman–Crippen LogP) is 2.35. The van der Waals surface area contributed by atoms with Crippen LogP contribution in [-0.4, -0.2) is 54.6 Å². The average Bonchev–Trinajstić information content (AvgIpc) is 2.91. The molecule has 0 bridgehead atoms. The monoisotopic (exact) mass is 311 g/mol. The van der Waals surface area contributed by atoms with E-state index < -0.39 is 6.10 Å². The van der Waals surface area contributed by atoms with Crippen molar-refractivity contribution < 1.29 is 19.0 Å². The van der Waals surface area contributed by atoms with Crippen LogP contribution in [0, 0.1) is 6.92 Å². The van der Waals surface area contributed by atoms with Crippen LogP contribution in [0.5, 0.6) is 0 Å². The van der Waals surface area contributed by atoms with E-state index in [-0.39, 0.29) is 6.10 Å². The van der Waals surface area contributed by atoms with E-state index in [9.17, 15) is 5.11 Å². The second kappa shape index (κ2) is 8.67. The lowest BCUT2D eigenvalue weighted by atomic mass is 10.1. The molecular formula is C17H29NO4. The van der Waals surface area contributed by atoms with E-state index in [2.05, 4.69) is 18.7 Å². The predicted molar refractivity (Wildman–Crippen MR) is 84.8 cm³/mol. The van der Waals surface area contributed by atoms with Crippen molar-refractivity contribution in [3.05, 3.63) is 23.7 Å². The van der Waals surface area contributed by atoms with Crippen LogP contribution in [0.15, 0.2) is 16.5 Å². The molecule has 1 aliphatic heterocycles. The number of aryl methyl sites for hydroxylation is 1. The lowest BCUT2D eigenvalue weighted by Gasteiger charge is -2.29. The number of aliphatic hydroxyl groups excluding tert-OH is 1. The first-order valence-corrected chi connectivity index (χ1v) is 8.21. The summed E-state index contributed by atoms with van der Waals surface area (Å²) >= 11 is 0. The second-order valence-electron chi connectivity index (χ2n) is 6.33. The van der Waals surface area contributed by atoms with E-state index in [0.29, 0.717) is 25.7 Å². The van der Waals surface area contributed by atoms with Gasteiger partial charge in [0.2, 0.25) is 0 Å². The maximum Gasteiger partial charge on any atom is 0.118 e.